The largest absolute Gasteiger partial charge is 0.497 e. The van der Waals surface area contributed by atoms with Crippen molar-refractivity contribution in [1.29, 1.82) is 0 Å². The molecule has 0 aromatic heterocycles. The zero-order valence-corrected chi connectivity index (χ0v) is 12.2. The molecular weight excluding hydrogens is 296 g/mol. The molecule has 1 aliphatic heterocycles. The quantitative estimate of drug-likeness (QED) is 0.928. The Morgan fingerprint density at radius 2 is 2.33 bits per heavy atom. The lowest BCUT2D eigenvalue weighted by molar-refractivity contribution is -0.0379. The van der Waals surface area contributed by atoms with Gasteiger partial charge in [-0.1, -0.05) is 15.9 Å². The van der Waals surface area contributed by atoms with E-state index in [1.165, 1.54) is 0 Å². The minimum Gasteiger partial charge on any atom is -0.497 e. The van der Waals surface area contributed by atoms with E-state index in [0.717, 1.165) is 41.7 Å². The fourth-order valence-corrected chi connectivity index (χ4v) is 2.83. The van der Waals surface area contributed by atoms with Crippen LogP contribution in [0.15, 0.2) is 22.7 Å². The normalized spacial score (nSPS) is 23.9. The molecule has 1 fully saturated rings. The van der Waals surface area contributed by atoms with Gasteiger partial charge in [-0.3, -0.25) is 0 Å². The van der Waals surface area contributed by atoms with Crippen LogP contribution in [0.3, 0.4) is 0 Å². The lowest BCUT2D eigenvalue weighted by Gasteiger charge is -2.35. The van der Waals surface area contributed by atoms with E-state index in [1.807, 2.05) is 18.2 Å². The molecule has 1 atom stereocenters. The third-order valence-corrected chi connectivity index (χ3v) is 4.33. The van der Waals surface area contributed by atoms with Gasteiger partial charge in [0.2, 0.25) is 0 Å². The highest BCUT2D eigenvalue weighted by Gasteiger charge is 2.33. The molecule has 1 N–H and O–H groups in total. The van der Waals surface area contributed by atoms with Crippen molar-refractivity contribution in [1.82, 2.24) is 0 Å². The second-order valence-electron chi connectivity index (χ2n) is 4.95. The van der Waals surface area contributed by atoms with Gasteiger partial charge >= 0.3 is 0 Å². The summed E-state index contributed by atoms with van der Waals surface area (Å²) in [5, 5.41) is 9.69. The van der Waals surface area contributed by atoms with Crippen molar-refractivity contribution in [3.05, 3.63) is 28.2 Å². The molecule has 1 aromatic carbocycles. The van der Waals surface area contributed by atoms with Gasteiger partial charge < -0.3 is 14.6 Å². The number of aliphatic hydroxyl groups is 1. The highest BCUT2D eigenvalue weighted by Crippen LogP contribution is 2.35. The fourth-order valence-electron chi connectivity index (χ4n) is 2.45. The summed E-state index contributed by atoms with van der Waals surface area (Å²) >= 11 is 3.56. The summed E-state index contributed by atoms with van der Waals surface area (Å²) in [6, 6.07) is 5.94. The van der Waals surface area contributed by atoms with Gasteiger partial charge in [0.05, 0.1) is 20.3 Å². The third kappa shape index (κ3) is 3.05. The number of benzene rings is 1. The summed E-state index contributed by atoms with van der Waals surface area (Å²) < 4.78 is 11.8. The van der Waals surface area contributed by atoms with E-state index < -0.39 is 0 Å². The Morgan fingerprint density at radius 3 is 2.94 bits per heavy atom. The molecule has 1 unspecified atom stereocenters. The zero-order chi connectivity index (χ0) is 13.0. The average Bonchev–Trinajstić information content (AvgIpc) is 2.42. The number of halogens is 1. The number of methoxy groups -OCH3 is 1. The van der Waals surface area contributed by atoms with Crippen molar-refractivity contribution in [3.8, 4) is 5.75 Å². The van der Waals surface area contributed by atoms with Crippen LogP contribution in [0, 0.1) is 5.41 Å². The lowest BCUT2D eigenvalue weighted by atomic mass is 9.78. The monoisotopic (exact) mass is 314 g/mol. The standard InChI is InChI=1S/C14H19BrO3/c1-17-12-3-4-13(15)11(7-12)8-14(9-16)5-2-6-18-10-14/h3-4,7,16H,2,5-6,8-10H2,1H3. The first-order valence-corrected chi connectivity index (χ1v) is 6.99. The predicted octanol–water partition coefficient (Wildman–Crippen LogP) is 2.79. The Balaban J connectivity index is 2.20. The number of hydrogen-bond donors (Lipinski definition) is 1. The van der Waals surface area contributed by atoms with E-state index in [4.69, 9.17) is 9.47 Å². The fraction of sp³-hybridized carbons (Fsp3) is 0.571. The van der Waals surface area contributed by atoms with Gasteiger partial charge in [-0.25, -0.2) is 0 Å². The molecule has 1 aliphatic rings. The van der Waals surface area contributed by atoms with Crippen LogP contribution in [-0.2, 0) is 11.2 Å². The Labute approximate surface area is 116 Å². The maximum absolute atomic E-state index is 9.69. The molecule has 0 amide bonds. The lowest BCUT2D eigenvalue weighted by Crippen LogP contribution is -2.37. The topological polar surface area (TPSA) is 38.7 Å². The van der Waals surface area contributed by atoms with Crippen molar-refractivity contribution >= 4 is 15.9 Å². The molecule has 2 rings (SSSR count). The minimum atomic E-state index is -0.146. The molecule has 3 nitrogen and oxygen atoms in total. The molecule has 1 heterocycles. The maximum atomic E-state index is 9.69. The van der Waals surface area contributed by atoms with Gasteiger partial charge in [0.15, 0.2) is 0 Å². The van der Waals surface area contributed by atoms with Crippen LogP contribution in [0.25, 0.3) is 0 Å². The van der Waals surface area contributed by atoms with Gasteiger partial charge in [0, 0.05) is 16.5 Å². The maximum Gasteiger partial charge on any atom is 0.119 e. The number of hydrogen-bond acceptors (Lipinski definition) is 3. The van der Waals surface area contributed by atoms with E-state index >= 15 is 0 Å². The van der Waals surface area contributed by atoms with E-state index in [9.17, 15) is 5.11 Å². The van der Waals surface area contributed by atoms with Crippen molar-refractivity contribution in [2.24, 2.45) is 5.41 Å². The van der Waals surface area contributed by atoms with Crippen molar-refractivity contribution in [2.45, 2.75) is 19.3 Å². The average molecular weight is 315 g/mol. The van der Waals surface area contributed by atoms with Crippen molar-refractivity contribution in [3.63, 3.8) is 0 Å². The Morgan fingerprint density at radius 1 is 1.50 bits per heavy atom. The molecule has 4 heteroatoms. The van der Waals surface area contributed by atoms with Crippen LogP contribution < -0.4 is 4.74 Å². The summed E-state index contributed by atoms with van der Waals surface area (Å²) in [4.78, 5) is 0. The van der Waals surface area contributed by atoms with E-state index in [0.29, 0.717) is 6.61 Å². The van der Waals surface area contributed by atoms with Gasteiger partial charge in [-0.2, -0.15) is 0 Å². The van der Waals surface area contributed by atoms with Gasteiger partial charge in [-0.15, -0.1) is 0 Å². The molecular formula is C14H19BrO3. The van der Waals surface area contributed by atoms with Crippen LogP contribution in [0.2, 0.25) is 0 Å². The first kappa shape index (κ1) is 13.8. The van der Waals surface area contributed by atoms with Crippen LogP contribution in [0.1, 0.15) is 18.4 Å². The number of aliphatic hydroxyl groups excluding tert-OH is 1. The highest BCUT2D eigenvalue weighted by atomic mass is 79.9. The van der Waals surface area contributed by atoms with Gasteiger partial charge in [-0.05, 0) is 43.0 Å². The summed E-state index contributed by atoms with van der Waals surface area (Å²) in [5.41, 5.74) is 1.02. The first-order chi connectivity index (χ1) is 8.69. The third-order valence-electron chi connectivity index (χ3n) is 3.56. The Kier molecular flexibility index (Phi) is 4.65. The smallest absolute Gasteiger partial charge is 0.119 e. The molecule has 0 aliphatic carbocycles. The summed E-state index contributed by atoms with van der Waals surface area (Å²) in [7, 11) is 1.67. The molecule has 0 spiro atoms. The molecule has 1 aromatic rings. The second-order valence-corrected chi connectivity index (χ2v) is 5.80. The Bertz CT molecular complexity index is 400. The van der Waals surface area contributed by atoms with Gasteiger partial charge in [0.1, 0.15) is 5.75 Å². The minimum absolute atomic E-state index is 0.146. The molecule has 0 bridgehead atoms. The zero-order valence-electron chi connectivity index (χ0n) is 10.6. The Hall–Kier alpha value is -0.580. The van der Waals surface area contributed by atoms with E-state index in [-0.39, 0.29) is 12.0 Å². The van der Waals surface area contributed by atoms with Gasteiger partial charge in [0.25, 0.3) is 0 Å². The summed E-state index contributed by atoms with van der Waals surface area (Å²) in [6.45, 7) is 1.60. The van der Waals surface area contributed by atoms with E-state index in [2.05, 4.69) is 15.9 Å². The molecule has 1 saturated heterocycles. The molecule has 100 valence electrons. The van der Waals surface area contributed by atoms with Crippen LogP contribution >= 0.6 is 15.9 Å². The van der Waals surface area contributed by atoms with Crippen molar-refractivity contribution < 1.29 is 14.6 Å². The summed E-state index contributed by atoms with van der Waals surface area (Å²) in [5.74, 6) is 0.845. The van der Waals surface area contributed by atoms with Crippen LogP contribution in [-0.4, -0.2) is 32.0 Å². The SMILES string of the molecule is COc1ccc(Br)c(CC2(CO)CCCOC2)c1. The predicted molar refractivity (Wildman–Crippen MR) is 74.0 cm³/mol. The second kappa shape index (κ2) is 6.04. The first-order valence-electron chi connectivity index (χ1n) is 6.20. The molecule has 0 saturated carbocycles. The van der Waals surface area contributed by atoms with Crippen molar-refractivity contribution in [2.75, 3.05) is 26.9 Å². The summed E-state index contributed by atoms with van der Waals surface area (Å²) in [6.07, 6.45) is 2.83. The number of rotatable bonds is 4. The van der Waals surface area contributed by atoms with E-state index in [1.54, 1.807) is 7.11 Å². The number of ether oxygens (including phenoxy) is 2. The molecule has 18 heavy (non-hydrogen) atoms. The molecule has 0 radical (unpaired) electrons. The van der Waals surface area contributed by atoms with Crippen LogP contribution in [0.4, 0.5) is 0 Å². The van der Waals surface area contributed by atoms with Crippen LogP contribution in [0.5, 0.6) is 5.75 Å². The highest BCUT2D eigenvalue weighted by molar-refractivity contribution is 9.10.